The molecule has 0 saturated heterocycles. The Morgan fingerprint density at radius 3 is 3.17 bits per heavy atom. The Balaban J connectivity index is 2.44. The van der Waals surface area contributed by atoms with E-state index in [1.54, 1.807) is 7.11 Å². The molecule has 1 aliphatic rings. The smallest absolute Gasteiger partial charge is 0.331 e. The first-order valence-electron chi connectivity index (χ1n) is 4.18. The van der Waals surface area contributed by atoms with Crippen LogP contribution < -0.4 is 0 Å². The van der Waals surface area contributed by atoms with Gasteiger partial charge in [0.05, 0.1) is 0 Å². The maximum Gasteiger partial charge on any atom is 0.331 e. The number of aliphatic carboxylic acids is 1. The Bertz CT molecular complexity index is 196. The van der Waals surface area contributed by atoms with E-state index in [4.69, 9.17) is 9.84 Å². The van der Waals surface area contributed by atoms with Crippen molar-refractivity contribution in [2.45, 2.75) is 19.3 Å². The second-order valence-electron chi connectivity index (χ2n) is 3.02. The Morgan fingerprint density at radius 1 is 1.83 bits per heavy atom. The topological polar surface area (TPSA) is 46.5 Å². The molecule has 1 unspecified atom stereocenters. The first-order valence-corrected chi connectivity index (χ1v) is 4.18. The van der Waals surface area contributed by atoms with E-state index in [9.17, 15) is 4.79 Å². The average molecular weight is 170 g/mol. The molecule has 1 rings (SSSR count). The summed E-state index contributed by atoms with van der Waals surface area (Å²) in [4.78, 5) is 10.7. The van der Waals surface area contributed by atoms with Crippen molar-refractivity contribution in [3.63, 3.8) is 0 Å². The van der Waals surface area contributed by atoms with Crippen molar-refractivity contribution in [1.82, 2.24) is 0 Å². The van der Waals surface area contributed by atoms with Crippen LogP contribution in [0.25, 0.3) is 0 Å². The third kappa shape index (κ3) is 2.08. The maximum absolute atomic E-state index is 10.7. The number of hydrogen-bond acceptors (Lipinski definition) is 2. The zero-order valence-electron chi connectivity index (χ0n) is 7.25. The minimum absolute atomic E-state index is 0.211. The lowest BCUT2D eigenvalue weighted by atomic mass is 9.98. The van der Waals surface area contributed by atoms with Crippen molar-refractivity contribution >= 4 is 5.97 Å². The third-order valence-corrected chi connectivity index (χ3v) is 2.24. The Labute approximate surface area is 72.0 Å². The van der Waals surface area contributed by atoms with Crippen LogP contribution in [0, 0.1) is 5.92 Å². The second kappa shape index (κ2) is 4.26. The predicted molar refractivity (Wildman–Crippen MR) is 44.9 cm³/mol. The summed E-state index contributed by atoms with van der Waals surface area (Å²) in [6, 6.07) is 0. The molecule has 0 saturated carbocycles. The van der Waals surface area contributed by atoms with Gasteiger partial charge >= 0.3 is 5.97 Å². The summed E-state index contributed by atoms with van der Waals surface area (Å²) in [5.41, 5.74) is 0.576. The highest BCUT2D eigenvalue weighted by molar-refractivity contribution is 5.87. The number of carboxylic acid groups (broad SMARTS) is 1. The molecule has 1 N–H and O–H groups in total. The number of allylic oxidation sites excluding steroid dienone is 1. The highest BCUT2D eigenvalue weighted by Gasteiger charge is 2.23. The van der Waals surface area contributed by atoms with E-state index in [-0.39, 0.29) is 5.92 Å². The van der Waals surface area contributed by atoms with Crippen LogP contribution in [0.3, 0.4) is 0 Å². The SMILES string of the molecule is COCCC1CCC=C1C(=O)O. The van der Waals surface area contributed by atoms with Gasteiger partial charge in [-0.25, -0.2) is 4.79 Å². The van der Waals surface area contributed by atoms with Gasteiger partial charge in [0.1, 0.15) is 0 Å². The normalized spacial score (nSPS) is 22.4. The largest absolute Gasteiger partial charge is 0.478 e. The number of ether oxygens (including phenoxy) is 1. The van der Waals surface area contributed by atoms with Gasteiger partial charge in [0.25, 0.3) is 0 Å². The molecule has 1 atom stereocenters. The molecule has 3 heteroatoms. The van der Waals surface area contributed by atoms with Crippen molar-refractivity contribution in [2.75, 3.05) is 13.7 Å². The van der Waals surface area contributed by atoms with E-state index in [1.807, 2.05) is 6.08 Å². The third-order valence-electron chi connectivity index (χ3n) is 2.24. The highest BCUT2D eigenvalue weighted by Crippen LogP contribution is 2.28. The summed E-state index contributed by atoms with van der Waals surface area (Å²) in [6.45, 7) is 0.648. The molecule has 0 fully saturated rings. The van der Waals surface area contributed by atoms with Gasteiger partial charge < -0.3 is 9.84 Å². The summed E-state index contributed by atoms with van der Waals surface area (Å²) in [7, 11) is 1.64. The minimum atomic E-state index is -0.770. The van der Waals surface area contributed by atoms with Gasteiger partial charge in [-0.1, -0.05) is 6.08 Å². The number of methoxy groups -OCH3 is 1. The monoisotopic (exact) mass is 170 g/mol. The molecule has 3 nitrogen and oxygen atoms in total. The molecule has 0 amide bonds. The summed E-state index contributed by atoms with van der Waals surface area (Å²) < 4.78 is 4.91. The van der Waals surface area contributed by atoms with Gasteiger partial charge in [0.2, 0.25) is 0 Å². The number of hydrogen-bond donors (Lipinski definition) is 1. The Kier molecular flexibility index (Phi) is 3.29. The standard InChI is InChI=1S/C9H14O3/c1-12-6-5-7-3-2-4-8(7)9(10)11/h4,7H,2-3,5-6H2,1H3,(H,10,11). The van der Waals surface area contributed by atoms with Crippen molar-refractivity contribution < 1.29 is 14.6 Å². The molecule has 0 heterocycles. The lowest BCUT2D eigenvalue weighted by molar-refractivity contribution is -0.133. The molecule has 0 bridgehead atoms. The van der Waals surface area contributed by atoms with E-state index in [0.29, 0.717) is 12.2 Å². The van der Waals surface area contributed by atoms with Gasteiger partial charge in [-0.2, -0.15) is 0 Å². The number of carbonyl (C=O) groups is 1. The van der Waals surface area contributed by atoms with E-state index in [1.165, 1.54) is 0 Å². The predicted octanol–water partition coefficient (Wildman–Crippen LogP) is 1.44. The van der Waals surface area contributed by atoms with Crippen molar-refractivity contribution in [1.29, 1.82) is 0 Å². The Morgan fingerprint density at radius 2 is 2.58 bits per heavy atom. The van der Waals surface area contributed by atoms with Crippen LogP contribution in [-0.4, -0.2) is 24.8 Å². The van der Waals surface area contributed by atoms with Crippen LogP contribution in [0.1, 0.15) is 19.3 Å². The molecule has 0 aromatic carbocycles. The van der Waals surface area contributed by atoms with Crippen LogP contribution in [0.15, 0.2) is 11.6 Å². The molecule has 0 aromatic rings. The summed E-state index contributed by atoms with van der Waals surface area (Å²) in [5, 5.41) is 8.77. The molecule has 68 valence electrons. The van der Waals surface area contributed by atoms with Gasteiger partial charge in [0.15, 0.2) is 0 Å². The number of rotatable bonds is 4. The zero-order valence-corrected chi connectivity index (χ0v) is 7.25. The van der Waals surface area contributed by atoms with Crippen LogP contribution in [0.4, 0.5) is 0 Å². The molecule has 12 heavy (non-hydrogen) atoms. The lowest BCUT2D eigenvalue weighted by Crippen LogP contribution is -2.10. The molecule has 0 radical (unpaired) electrons. The first kappa shape index (κ1) is 9.26. The van der Waals surface area contributed by atoms with E-state index >= 15 is 0 Å². The fourth-order valence-electron chi connectivity index (χ4n) is 1.58. The minimum Gasteiger partial charge on any atom is -0.478 e. The second-order valence-corrected chi connectivity index (χ2v) is 3.02. The molecule has 0 spiro atoms. The molecular weight excluding hydrogens is 156 g/mol. The Hall–Kier alpha value is -0.830. The summed E-state index contributed by atoms with van der Waals surface area (Å²) in [6.07, 6.45) is 4.51. The summed E-state index contributed by atoms with van der Waals surface area (Å²) >= 11 is 0. The number of carboxylic acids is 1. The molecule has 0 aliphatic heterocycles. The highest BCUT2D eigenvalue weighted by atomic mass is 16.5. The van der Waals surface area contributed by atoms with Gasteiger partial charge in [-0.05, 0) is 25.2 Å². The first-order chi connectivity index (χ1) is 5.75. The van der Waals surface area contributed by atoms with E-state index in [0.717, 1.165) is 19.3 Å². The fraction of sp³-hybridized carbons (Fsp3) is 0.667. The quantitative estimate of drug-likeness (QED) is 0.694. The van der Waals surface area contributed by atoms with E-state index < -0.39 is 5.97 Å². The van der Waals surface area contributed by atoms with Crippen molar-refractivity contribution in [2.24, 2.45) is 5.92 Å². The average Bonchev–Trinajstić information content (AvgIpc) is 2.48. The van der Waals surface area contributed by atoms with E-state index in [2.05, 4.69) is 0 Å². The zero-order chi connectivity index (χ0) is 8.97. The van der Waals surface area contributed by atoms with Crippen molar-refractivity contribution in [3.05, 3.63) is 11.6 Å². The van der Waals surface area contributed by atoms with Gasteiger partial charge in [-0.3, -0.25) is 0 Å². The van der Waals surface area contributed by atoms with Crippen LogP contribution in [0.5, 0.6) is 0 Å². The van der Waals surface area contributed by atoms with Crippen LogP contribution >= 0.6 is 0 Å². The van der Waals surface area contributed by atoms with Gasteiger partial charge in [0, 0.05) is 19.3 Å². The van der Waals surface area contributed by atoms with Gasteiger partial charge in [-0.15, -0.1) is 0 Å². The van der Waals surface area contributed by atoms with Crippen molar-refractivity contribution in [3.8, 4) is 0 Å². The molecular formula is C9H14O3. The fourth-order valence-corrected chi connectivity index (χ4v) is 1.58. The molecule has 1 aliphatic carbocycles. The summed E-state index contributed by atoms with van der Waals surface area (Å²) in [5.74, 6) is -0.559. The van der Waals surface area contributed by atoms with Crippen LogP contribution in [0.2, 0.25) is 0 Å². The van der Waals surface area contributed by atoms with Crippen LogP contribution in [-0.2, 0) is 9.53 Å². The molecule has 0 aromatic heterocycles. The maximum atomic E-state index is 10.7. The lowest BCUT2D eigenvalue weighted by Gasteiger charge is -2.10.